The van der Waals surface area contributed by atoms with Gasteiger partial charge in [-0.3, -0.25) is 0 Å². The van der Waals surface area contributed by atoms with Gasteiger partial charge in [-0.2, -0.15) is 0 Å². The van der Waals surface area contributed by atoms with Crippen molar-refractivity contribution in [1.82, 2.24) is 4.90 Å². The molecule has 0 radical (unpaired) electrons. The summed E-state index contributed by atoms with van der Waals surface area (Å²) in [4.78, 5) is 2.09. The van der Waals surface area contributed by atoms with E-state index in [2.05, 4.69) is 26.9 Å². The van der Waals surface area contributed by atoms with Crippen molar-refractivity contribution in [3.05, 3.63) is 34.3 Å². The summed E-state index contributed by atoms with van der Waals surface area (Å²) in [5.41, 5.74) is 6.66. The molecule has 1 atom stereocenters. The van der Waals surface area contributed by atoms with Crippen LogP contribution in [0.1, 0.15) is 5.56 Å². The Labute approximate surface area is 105 Å². The topological polar surface area (TPSA) is 49.5 Å². The number of nitrogens with two attached hydrogens (primary N) is 1. The van der Waals surface area contributed by atoms with E-state index in [1.54, 1.807) is 0 Å². The summed E-state index contributed by atoms with van der Waals surface area (Å²) in [6.45, 7) is 1.86. The van der Waals surface area contributed by atoms with E-state index in [1.807, 2.05) is 25.2 Å². The molecule has 1 aromatic carbocycles. The Morgan fingerprint density at radius 2 is 2.12 bits per heavy atom. The van der Waals surface area contributed by atoms with Crippen molar-refractivity contribution in [2.24, 2.45) is 5.73 Å². The molecule has 3 N–H and O–H groups in total. The molecule has 0 amide bonds. The van der Waals surface area contributed by atoms with Gasteiger partial charge in [-0.15, -0.1) is 0 Å². The second-order valence-corrected chi connectivity index (χ2v) is 4.85. The van der Waals surface area contributed by atoms with Crippen LogP contribution < -0.4 is 5.73 Å². The van der Waals surface area contributed by atoms with Crippen LogP contribution in [0.15, 0.2) is 28.7 Å². The second kappa shape index (κ2) is 7.01. The van der Waals surface area contributed by atoms with Gasteiger partial charge in [0.25, 0.3) is 0 Å². The largest absolute Gasteiger partial charge is 0.390 e. The molecule has 0 aliphatic carbocycles. The Morgan fingerprint density at radius 1 is 1.44 bits per heavy atom. The molecule has 4 heteroatoms. The van der Waals surface area contributed by atoms with Crippen molar-refractivity contribution in [3.63, 3.8) is 0 Å². The smallest absolute Gasteiger partial charge is 0.0788 e. The van der Waals surface area contributed by atoms with E-state index in [-0.39, 0.29) is 0 Å². The first kappa shape index (κ1) is 13.6. The molecular formula is C12H19BrN2O. The van der Waals surface area contributed by atoms with Gasteiger partial charge in [-0.05, 0) is 25.1 Å². The van der Waals surface area contributed by atoms with E-state index in [0.717, 1.165) is 17.4 Å². The highest BCUT2D eigenvalue weighted by molar-refractivity contribution is 9.10. The number of aliphatic hydroxyl groups excluding tert-OH is 1. The molecular weight excluding hydrogens is 268 g/mol. The van der Waals surface area contributed by atoms with Gasteiger partial charge in [-0.1, -0.05) is 34.1 Å². The van der Waals surface area contributed by atoms with Crippen LogP contribution in [0.4, 0.5) is 0 Å². The van der Waals surface area contributed by atoms with E-state index >= 15 is 0 Å². The number of hydrogen-bond donors (Lipinski definition) is 2. The highest BCUT2D eigenvalue weighted by atomic mass is 79.9. The first-order valence-electron chi connectivity index (χ1n) is 5.43. The first-order valence-corrected chi connectivity index (χ1v) is 6.23. The minimum absolute atomic E-state index is 0.319. The fraction of sp³-hybridized carbons (Fsp3) is 0.500. The summed E-state index contributed by atoms with van der Waals surface area (Å²) >= 11 is 3.52. The normalized spacial score (nSPS) is 13.1. The Kier molecular flexibility index (Phi) is 5.98. The molecule has 90 valence electrons. The van der Waals surface area contributed by atoms with Crippen molar-refractivity contribution in [3.8, 4) is 0 Å². The van der Waals surface area contributed by atoms with E-state index in [0.29, 0.717) is 13.1 Å². The van der Waals surface area contributed by atoms with Crippen LogP contribution in [-0.4, -0.2) is 42.8 Å². The lowest BCUT2D eigenvalue weighted by Gasteiger charge is -2.19. The maximum atomic E-state index is 9.40. The molecule has 1 aromatic rings. The highest BCUT2D eigenvalue weighted by Gasteiger charge is 2.06. The third-order valence-corrected chi connectivity index (χ3v) is 3.29. The van der Waals surface area contributed by atoms with Gasteiger partial charge in [0.1, 0.15) is 0 Å². The van der Waals surface area contributed by atoms with Gasteiger partial charge in [0.15, 0.2) is 0 Å². The minimum Gasteiger partial charge on any atom is -0.390 e. The van der Waals surface area contributed by atoms with Gasteiger partial charge < -0.3 is 15.7 Å². The van der Waals surface area contributed by atoms with Crippen LogP contribution in [0.25, 0.3) is 0 Å². The van der Waals surface area contributed by atoms with E-state index in [4.69, 9.17) is 5.73 Å². The van der Waals surface area contributed by atoms with Gasteiger partial charge in [-0.25, -0.2) is 0 Å². The molecule has 0 fully saturated rings. The predicted octanol–water partition coefficient (Wildman–Crippen LogP) is 1.24. The van der Waals surface area contributed by atoms with Gasteiger partial charge >= 0.3 is 0 Å². The molecule has 0 saturated heterocycles. The van der Waals surface area contributed by atoms with Gasteiger partial charge in [0.2, 0.25) is 0 Å². The number of rotatable bonds is 6. The SMILES string of the molecule is CN(CCc1ccccc1Br)CC(O)CN. The molecule has 0 spiro atoms. The maximum Gasteiger partial charge on any atom is 0.0788 e. The minimum atomic E-state index is -0.427. The van der Waals surface area contributed by atoms with Gasteiger partial charge in [0.05, 0.1) is 6.10 Å². The lowest BCUT2D eigenvalue weighted by molar-refractivity contribution is 0.133. The van der Waals surface area contributed by atoms with Crippen LogP contribution in [-0.2, 0) is 6.42 Å². The fourth-order valence-electron chi connectivity index (χ4n) is 1.54. The monoisotopic (exact) mass is 286 g/mol. The standard InChI is InChI=1S/C12H19BrN2O/c1-15(9-11(16)8-14)7-6-10-4-2-3-5-12(10)13/h2-5,11,16H,6-9,14H2,1H3. The number of benzene rings is 1. The average molecular weight is 287 g/mol. The van der Waals surface area contributed by atoms with Gasteiger partial charge in [0, 0.05) is 24.1 Å². The summed E-state index contributed by atoms with van der Waals surface area (Å²) in [6, 6.07) is 8.20. The Balaban J connectivity index is 2.37. The van der Waals surface area contributed by atoms with Crippen LogP contribution in [0.2, 0.25) is 0 Å². The summed E-state index contributed by atoms with van der Waals surface area (Å²) in [6.07, 6.45) is 0.541. The zero-order valence-corrected chi connectivity index (χ0v) is 11.2. The Bertz CT molecular complexity index is 320. The van der Waals surface area contributed by atoms with Crippen LogP contribution in [0, 0.1) is 0 Å². The molecule has 0 saturated carbocycles. The molecule has 3 nitrogen and oxygen atoms in total. The molecule has 0 aromatic heterocycles. The zero-order chi connectivity index (χ0) is 12.0. The Hall–Kier alpha value is -0.420. The van der Waals surface area contributed by atoms with Crippen molar-refractivity contribution >= 4 is 15.9 Å². The lowest BCUT2D eigenvalue weighted by Crippen LogP contribution is -2.35. The summed E-state index contributed by atoms with van der Waals surface area (Å²) in [5.74, 6) is 0. The number of halogens is 1. The molecule has 1 unspecified atom stereocenters. The van der Waals surface area contributed by atoms with Crippen LogP contribution in [0.3, 0.4) is 0 Å². The van der Waals surface area contributed by atoms with Crippen molar-refractivity contribution in [1.29, 1.82) is 0 Å². The molecule has 0 aliphatic rings. The van der Waals surface area contributed by atoms with Crippen molar-refractivity contribution in [2.75, 3.05) is 26.7 Å². The summed E-state index contributed by atoms with van der Waals surface area (Å²) < 4.78 is 1.14. The van der Waals surface area contributed by atoms with Crippen molar-refractivity contribution in [2.45, 2.75) is 12.5 Å². The molecule has 1 rings (SSSR count). The summed E-state index contributed by atoms with van der Waals surface area (Å²) in [7, 11) is 2.00. The quantitative estimate of drug-likeness (QED) is 0.827. The zero-order valence-electron chi connectivity index (χ0n) is 9.56. The van der Waals surface area contributed by atoms with E-state index in [9.17, 15) is 5.11 Å². The van der Waals surface area contributed by atoms with E-state index < -0.39 is 6.10 Å². The predicted molar refractivity (Wildman–Crippen MR) is 70.4 cm³/mol. The first-order chi connectivity index (χ1) is 7.63. The van der Waals surface area contributed by atoms with E-state index in [1.165, 1.54) is 5.56 Å². The number of aliphatic hydroxyl groups is 1. The third-order valence-electron chi connectivity index (χ3n) is 2.52. The second-order valence-electron chi connectivity index (χ2n) is 3.99. The molecule has 0 bridgehead atoms. The molecule has 0 aliphatic heterocycles. The Morgan fingerprint density at radius 3 is 2.75 bits per heavy atom. The lowest BCUT2D eigenvalue weighted by atomic mass is 10.1. The third kappa shape index (κ3) is 4.61. The van der Waals surface area contributed by atoms with Crippen LogP contribution >= 0.6 is 15.9 Å². The summed E-state index contributed by atoms with van der Waals surface area (Å²) in [5, 5.41) is 9.40. The molecule has 0 heterocycles. The van der Waals surface area contributed by atoms with Crippen molar-refractivity contribution < 1.29 is 5.11 Å². The fourth-order valence-corrected chi connectivity index (χ4v) is 2.02. The van der Waals surface area contributed by atoms with Crippen LogP contribution in [0.5, 0.6) is 0 Å². The number of nitrogens with zero attached hydrogens (tertiary/aromatic N) is 1. The maximum absolute atomic E-state index is 9.40. The molecule has 16 heavy (non-hydrogen) atoms. The number of hydrogen-bond acceptors (Lipinski definition) is 3. The number of likely N-dealkylation sites (N-methyl/N-ethyl adjacent to an activating group) is 1. The highest BCUT2D eigenvalue weighted by Crippen LogP contribution is 2.16. The average Bonchev–Trinajstić information content (AvgIpc) is 2.28.